The molecule has 1 amide bonds. The number of alkyl halides is 3. The number of nitrogens with zero attached hydrogens (tertiary/aromatic N) is 2. The molecule has 14 heteroatoms. The van der Waals surface area contributed by atoms with Crippen molar-refractivity contribution in [2.75, 3.05) is 24.7 Å². The first kappa shape index (κ1) is 27.9. The van der Waals surface area contributed by atoms with Crippen LogP contribution in [-0.4, -0.2) is 58.0 Å². The highest BCUT2D eigenvalue weighted by Gasteiger charge is 2.53. The Morgan fingerprint density at radius 1 is 1.11 bits per heavy atom. The number of sulfonamides is 1. The van der Waals surface area contributed by atoms with Gasteiger partial charge in [0, 0.05) is 42.8 Å². The average molecular weight is 553 g/mol. The number of hydrogen-bond acceptors (Lipinski definition) is 7. The van der Waals surface area contributed by atoms with Gasteiger partial charge < -0.3 is 19.0 Å². The van der Waals surface area contributed by atoms with Gasteiger partial charge >= 0.3 is 13.3 Å². The van der Waals surface area contributed by atoms with Gasteiger partial charge in [0.2, 0.25) is 10.0 Å². The maximum absolute atomic E-state index is 13.0. The van der Waals surface area contributed by atoms with E-state index in [1.807, 2.05) is 27.7 Å². The molecule has 0 saturated carbocycles. The fourth-order valence-corrected chi connectivity index (χ4v) is 4.52. The number of halogens is 3. The number of amides is 1. The number of rotatable bonds is 5. The summed E-state index contributed by atoms with van der Waals surface area (Å²) >= 11 is 0. The number of aromatic nitrogens is 1. The molecule has 2 aromatic heterocycles. The fraction of sp³-hybridized carbons (Fsp3) is 0.417. The summed E-state index contributed by atoms with van der Waals surface area (Å²) in [5.41, 5.74) is -1.78. The van der Waals surface area contributed by atoms with Gasteiger partial charge in [0.25, 0.3) is 5.91 Å². The third kappa shape index (κ3) is 4.76. The van der Waals surface area contributed by atoms with Gasteiger partial charge in [-0.05, 0) is 45.9 Å². The number of pyridine rings is 1. The summed E-state index contributed by atoms with van der Waals surface area (Å²) in [6.45, 7) is 7.37. The third-order valence-electron chi connectivity index (χ3n) is 6.95. The Hall–Kier alpha value is -3.10. The van der Waals surface area contributed by atoms with Crippen LogP contribution in [-0.2, 0) is 25.5 Å². The van der Waals surface area contributed by atoms with E-state index in [0.29, 0.717) is 5.46 Å². The Kier molecular flexibility index (Phi) is 6.61. The first-order valence-electron chi connectivity index (χ1n) is 11.5. The van der Waals surface area contributed by atoms with Crippen molar-refractivity contribution in [3.8, 4) is 11.3 Å². The Morgan fingerprint density at radius 2 is 1.71 bits per heavy atom. The molecule has 0 atom stereocenters. The van der Waals surface area contributed by atoms with Gasteiger partial charge in [-0.3, -0.25) is 14.1 Å². The molecule has 3 aromatic rings. The standard InChI is InChI=1S/C24H27BF3N3O6S/c1-22(2)23(3,4)37-25(36-22)15-10-14-17(11-16(15)31(6)38(7,33)34)35-20(19(14)21(32)29-5)13-8-9-18(30-12-13)24(26,27)28/h8-12H,1-7H3,(H,29,32). The molecule has 38 heavy (non-hydrogen) atoms. The summed E-state index contributed by atoms with van der Waals surface area (Å²) in [7, 11) is -1.98. The molecular formula is C24H27BF3N3O6S. The number of fused-ring (bicyclic) bond motifs is 1. The van der Waals surface area contributed by atoms with Crippen molar-refractivity contribution in [1.82, 2.24) is 10.3 Å². The van der Waals surface area contributed by atoms with Crippen LogP contribution in [0.15, 0.2) is 34.9 Å². The Morgan fingerprint density at radius 3 is 2.18 bits per heavy atom. The number of furan rings is 1. The minimum Gasteiger partial charge on any atom is -0.455 e. The van der Waals surface area contributed by atoms with Crippen LogP contribution < -0.4 is 15.1 Å². The predicted octanol–water partition coefficient (Wildman–Crippen LogP) is 3.57. The van der Waals surface area contributed by atoms with Crippen LogP contribution >= 0.6 is 0 Å². The molecule has 1 saturated heterocycles. The maximum Gasteiger partial charge on any atom is 0.497 e. The minimum atomic E-state index is -4.64. The van der Waals surface area contributed by atoms with E-state index in [9.17, 15) is 26.4 Å². The van der Waals surface area contributed by atoms with Crippen molar-refractivity contribution in [1.29, 1.82) is 0 Å². The van der Waals surface area contributed by atoms with Gasteiger partial charge in [-0.25, -0.2) is 8.42 Å². The predicted molar refractivity (Wildman–Crippen MR) is 137 cm³/mol. The molecule has 0 unspecified atom stereocenters. The lowest BCUT2D eigenvalue weighted by Crippen LogP contribution is -2.41. The third-order valence-corrected chi connectivity index (χ3v) is 8.14. The number of benzene rings is 1. The maximum atomic E-state index is 13.0. The van der Waals surface area contributed by atoms with Crippen molar-refractivity contribution in [2.45, 2.75) is 45.1 Å². The highest BCUT2D eigenvalue weighted by atomic mass is 32.2. The molecule has 1 fully saturated rings. The minimum absolute atomic E-state index is 0.0281. The summed E-state index contributed by atoms with van der Waals surface area (Å²) in [4.78, 5) is 16.5. The molecule has 3 heterocycles. The van der Waals surface area contributed by atoms with Crippen molar-refractivity contribution in [2.24, 2.45) is 0 Å². The molecule has 1 aliphatic heterocycles. The molecule has 0 aliphatic carbocycles. The molecule has 1 aromatic carbocycles. The number of nitrogens with one attached hydrogen (secondary N) is 1. The SMILES string of the molecule is CNC(=O)c1c(-c2ccc(C(F)(F)F)nc2)oc2cc(N(C)S(C)(=O)=O)c(B3OC(C)(C)C(C)(C)O3)cc12. The van der Waals surface area contributed by atoms with Crippen molar-refractivity contribution >= 4 is 45.2 Å². The summed E-state index contributed by atoms with van der Waals surface area (Å²) in [5.74, 6) is -0.595. The summed E-state index contributed by atoms with van der Waals surface area (Å²) in [5, 5.41) is 2.80. The van der Waals surface area contributed by atoms with Gasteiger partial charge in [-0.15, -0.1) is 0 Å². The van der Waals surface area contributed by atoms with E-state index in [1.165, 1.54) is 20.2 Å². The molecule has 204 valence electrons. The van der Waals surface area contributed by atoms with Crippen molar-refractivity contribution in [3.05, 3.63) is 41.7 Å². The Balaban J connectivity index is 1.99. The monoisotopic (exact) mass is 553 g/mol. The normalized spacial score (nSPS) is 17.2. The molecule has 0 spiro atoms. The topological polar surface area (TPSA) is 111 Å². The van der Waals surface area contributed by atoms with Gasteiger partial charge in [0.05, 0.1) is 28.7 Å². The lowest BCUT2D eigenvalue weighted by Gasteiger charge is -2.32. The van der Waals surface area contributed by atoms with E-state index in [4.69, 9.17) is 13.7 Å². The van der Waals surface area contributed by atoms with Crippen molar-refractivity contribution < 1.29 is 40.1 Å². The van der Waals surface area contributed by atoms with Crippen LogP contribution in [0, 0.1) is 0 Å². The highest BCUT2D eigenvalue weighted by Crippen LogP contribution is 2.40. The van der Waals surface area contributed by atoms with Gasteiger partial charge in [-0.2, -0.15) is 13.2 Å². The molecule has 4 rings (SSSR count). The van der Waals surface area contributed by atoms with E-state index in [1.54, 1.807) is 6.07 Å². The second kappa shape index (κ2) is 8.99. The zero-order chi connectivity index (χ0) is 28.4. The van der Waals surface area contributed by atoms with Gasteiger partial charge in [0.1, 0.15) is 17.0 Å². The van der Waals surface area contributed by atoms with Crippen LogP contribution in [0.5, 0.6) is 0 Å². The second-order valence-corrected chi connectivity index (χ2v) is 12.1. The largest absolute Gasteiger partial charge is 0.497 e. The smallest absolute Gasteiger partial charge is 0.455 e. The molecule has 1 aliphatic rings. The number of carbonyl (C=O) groups excluding carboxylic acids is 1. The number of anilines is 1. The van der Waals surface area contributed by atoms with Crippen LogP contribution in [0.25, 0.3) is 22.3 Å². The zero-order valence-electron chi connectivity index (χ0n) is 21.9. The quantitative estimate of drug-likeness (QED) is 0.481. The summed E-state index contributed by atoms with van der Waals surface area (Å²) < 4.78 is 83.5. The lowest BCUT2D eigenvalue weighted by molar-refractivity contribution is -0.141. The molecule has 9 nitrogen and oxygen atoms in total. The van der Waals surface area contributed by atoms with E-state index in [0.717, 1.165) is 28.9 Å². The van der Waals surface area contributed by atoms with E-state index >= 15 is 0 Å². The highest BCUT2D eigenvalue weighted by molar-refractivity contribution is 7.92. The van der Waals surface area contributed by atoms with Crippen LogP contribution in [0.4, 0.5) is 18.9 Å². The van der Waals surface area contributed by atoms with Crippen LogP contribution in [0.2, 0.25) is 0 Å². The lowest BCUT2D eigenvalue weighted by atomic mass is 9.77. The van der Waals surface area contributed by atoms with Crippen molar-refractivity contribution in [3.63, 3.8) is 0 Å². The average Bonchev–Trinajstić information content (AvgIpc) is 3.28. The van der Waals surface area contributed by atoms with Gasteiger partial charge in [-0.1, -0.05) is 0 Å². The molecule has 0 radical (unpaired) electrons. The number of hydrogen-bond donors (Lipinski definition) is 1. The molecule has 1 N–H and O–H groups in total. The van der Waals surface area contributed by atoms with E-state index in [-0.39, 0.29) is 33.5 Å². The second-order valence-electron chi connectivity index (χ2n) is 10.0. The molecule has 0 bridgehead atoms. The van der Waals surface area contributed by atoms with Crippen LogP contribution in [0.3, 0.4) is 0 Å². The molecular weight excluding hydrogens is 526 g/mol. The fourth-order valence-electron chi connectivity index (χ4n) is 4.01. The Bertz CT molecular complexity index is 1500. The Labute approximate surface area is 218 Å². The van der Waals surface area contributed by atoms with E-state index in [2.05, 4.69) is 10.3 Å². The van der Waals surface area contributed by atoms with Gasteiger partial charge in [0.15, 0.2) is 0 Å². The zero-order valence-corrected chi connectivity index (χ0v) is 22.7. The summed E-state index contributed by atoms with van der Waals surface area (Å²) in [6, 6.07) is 4.92. The van der Waals surface area contributed by atoms with E-state index < -0.39 is 46.1 Å². The first-order valence-corrected chi connectivity index (χ1v) is 13.4. The summed E-state index contributed by atoms with van der Waals surface area (Å²) in [6.07, 6.45) is -2.65. The van der Waals surface area contributed by atoms with Crippen LogP contribution in [0.1, 0.15) is 43.7 Å². The first-order chi connectivity index (χ1) is 17.4. The number of carbonyl (C=O) groups is 1.